The van der Waals surface area contributed by atoms with Gasteiger partial charge in [-0.05, 0) is 31.5 Å². The minimum absolute atomic E-state index is 0.116. The molecule has 2 aromatic rings. The zero-order valence-electron chi connectivity index (χ0n) is 15.8. The maximum absolute atomic E-state index is 10.1. The zero-order chi connectivity index (χ0) is 19.0. The standard InChI is InChI=1S/C20H24N4O3/c1-12(2)27-14-5-4-13-8-21-20(15(13)6-14)16-7-19(23-11-22-16)24-9-17(25)18(10-24)26-3/h4-7,11-12,17-18,25H,8-10H2,1-3H3/t17-,18-/m0/s1. The van der Waals surface area contributed by atoms with Crippen LogP contribution in [0.1, 0.15) is 30.7 Å². The molecule has 1 aromatic heterocycles. The van der Waals surface area contributed by atoms with E-state index in [1.807, 2.05) is 36.9 Å². The normalized spacial score (nSPS) is 21.5. The summed E-state index contributed by atoms with van der Waals surface area (Å²) in [6.45, 7) is 5.75. The fraction of sp³-hybridized carbons (Fsp3) is 0.450. The Labute approximate surface area is 158 Å². The molecule has 7 heteroatoms. The number of nitrogens with zero attached hydrogens (tertiary/aromatic N) is 4. The highest BCUT2D eigenvalue weighted by atomic mass is 16.5. The van der Waals surface area contributed by atoms with Crippen molar-refractivity contribution in [3.05, 3.63) is 47.4 Å². The maximum atomic E-state index is 10.1. The SMILES string of the molecule is CO[C@H]1CN(c2cc(C3=NCc4ccc(OC(C)C)cc43)ncn2)C[C@@H]1O. The number of rotatable bonds is 5. The van der Waals surface area contributed by atoms with Gasteiger partial charge in [-0.25, -0.2) is 9.97 Å². The van der Waals surface area contributed by atoms with Gasteiger partial charge in [-0.3, -0.25) is 4.99 Å². The third kappa shape index (κ3) is 3.52. The van der Waals surface area contributed by atoms with Crippen molar-refractivity contribution in [3.8, 4) is 5.75 Å². The van der Waals surface area contributed by atoms with Gasteiger partial charge in [0, 0.05) is 31.8 Å². The summed E-state index contributed by atoms with van der Waals surface area (Å²) in [4.78, 5) is 15.5. The molecule has 2 aliphatic heterocycles. The largest absolute Gasteiger partial charge is 0.491 e. The van der Waals surface area contributed by atoms with Crippen LogP contribution in [0.4, 0.5) is 5.82 Å². The topological polar surface area (TPSA) is 80.1 Å². The molecule has 1 aromatic carbocycles. The number of hydrogen-bond acceptors (Lipinski definition) is 7. The molecule has 0 aliphatic carbocycles. The number of aliphatic hydroxyl groups excluding tert-OH is 1. The van der Waals surface area contributed by atoms with Crippen molar-refractivity contribution >= 4 is 11.5 Å². The number of benzene rings is 1. The predicted octanol–water partition coefficient (Wildman–Crippen LogP) is 1.81. The van der Waals surface area contributed by atoms with E-state index in [-0.39, 0.29) is 12.2 Å². The molecule has 0 radical (unpaired) electrons. The maximum Gasteiger partial charge on any atom is 0.132 e. The molecule has 7 nitrogen and oxygen atoms in total. The summed E-state index contributed by atoms with van der Waals surface area (Å²) in [5.41, 5.74) is 3.84. The van der Waals surface area contributed by atoms with E-state index in [1.54, 1.807) is 13.4 Å². The lowest BCUT2D eigenvalue weighted by atomic mass is 10.0. The Morgan fingerprint density at radius 3 is 2.78 bits per heavy atom. The lowest BCUT2D eigenvalue weighted by Crippen LogP contribution is -2.25. The molecule has 0 saturated carbocycles. The van der Waals surface area contributed by atoms with Crippen molar-refractivity contribution in [1.29, 1.82) is 0 Å². The van der Waals surface area contributed by atoms with Gasteiger partial charge in [-0.1, -0.05) is 6.07 Å². The van der Waals surface area contributed by atoms with Crippen LogP contribution in [0.2, 0.25) is 0 Å². The van der Waals surface area contributed by atoms with Crippen LogP contribution in [0.15, 0.2) is 35.6 Å². The van der Waals surface area contributed by atoms with Gasteiger partial charge in [0.05, 0.1) is 30.2 Å². The van der Waals surface area contributed by atoms with Crippen LogP contribution >= 0.6 is 0 Å². The number of aliphatic imine (C=N–C) groups is 1. The summed E-state index contributed by atoms with van der Waals surface area (Å²) in [5, 5.41) is 10.1. The Hall–Kier alpha value is -2.51. The van der Waals surface area contributed by atoms with Crippen molar-refractivity contribution in [2.45, 2.75) is 38.7 Å². The van der Waals surface area contributed by atoms with Crippen molar-refractivity contribution < 1.29 is 14.6 Å². The number of hydrogen-bond donors (Lipinski definition) is 1. The molecule has 2 aliphatic rings. The third-order valence-corrected chi connectivity index (χ3v) is 4.87. The fourth-order valence-corrected chi connectivity index (χ4v) is 3.55. The number of aliphatic hydroxyl groups is 1. The van der Waals surface area contributed by atoms with Gasteiger partial charge < -0.3 is 19.5 Å². The summed E-state index contributed by atoms with van der Waals surface area (Å²) < 4.78 is 11.2. The van der Waals surface area contributed by atoms with Gasteiger partial charge in [-0.15, -0.1) is 0 Å². The van der Waals surface area contributed by atoms with Crippen molar-refractivity contribution in [2.75, 3.05) is 25.1 Å². The Morgan fingerprint density at radius 2 is 2.04 bits per heavy atom. The van der Waals surface area contributed by atoms with E-state index in [0.717, 1.165) is 34.1 Å². The number of anilines is 1. The molecule has 0 spiro atoms. The van der Waals surface area contributed by atoms with Crippen molar-refractivity contribution in [3.63, 3.8) is 0 Å². The number of fused-ring (bicyclic) bond motifs is 1. The predicted molar refractivity (Wildman–Crippen MR) is 103 cm³/mol. The molecule has 1 fully saturated rings. The van der Waals surface area contributed by atoms with E-state index < -0.39 is 6.10 Å². The molecular weight excluding hydrogens is 344 g/mol. The smallest absolute Gasteiger partial charge is 0.132 e. The fourth-order valence-electron chi connectivity index (χ4n) is 3.55. The van der Waals surface area contributed by atoms with E-state index in [0.29, 0.717) is 19.6 Å². The molecule has 142 valence electrons. The monoisotopic (exact) mass is 368 g/mol. The van der Waals surface area contributed by atoms with E-state index in [1.165, 1.54) is 0 Å². The van der Waals surface area contributed by atoms with Crippen molar-refractivity contribution in [1.82, 2.24) is 9.97 Å². The summed E-state index contributed by atoms with van der Waals surface area (Å²) in [6.07, 6.45) is 0.940. The van der Waals surface area contributed by atoms with E-state index in [9.17, 15) is 5.11 Å². The van der Waals surface area contributed by atoms with Crippen LogP contribution in [0.3, 0.4) is 0 Å². The molecule has 0 bridgehead atoms. The van der Waals surface area contributed by atoms with Crippen molar-refractivity contribution in [2.24, 2.45) is 4.99 Å². The van der Waals surface area contributed by atoms with E-state index in [4.69, 9.17) is 9.47 Å². The van der Waals surface area contributed by atoms with Gasteiger partial charge in [-0.2, -0.15) is 0 Å². The number of ether oxygens (including phenoxy) is 2. The molecule has 1 saturated heterocycles. The third-order valence-electron chi connectivity index (χ3n) is 4.87. The first-order valence-corrected chi connectivity index (χ1v) is 9.17. The molecule has 1 N–H and O–H groups in total. The average Bonchev–Trinajstić information content (AvgIpc) is 3.24. The quantitative estimate of drug-likeness (QED) is 0.867. The lowest BCUT2D eigenvalue weighted by molar-refractivity contribution is 0.0217. The second-order valence-electron chi connectivity index (χ2n) is 7.16. The second-order valence-corrected chi connectivity index (χ2v) is 7.16. The zero-order valence-corrected chi connectivity index (χ0v) is 15.8. The summed E-state index contributed by atoms with van der Waals surface area (Å²) in [5.74, 6) is 1.60. The Kier molecular flexibility index (Phi) is 4.80. The van der Waals surface area contributed by atoms with Gasteiger partial charge in [0.25, 0.3) is 0 Å². The van der Waals surface area contributed by atoms with Gasteiger partial charge in [0.1, 0.15) is 24.0 Å². The lowest BCUT2D eigenvalue weighted by Gasteiger charge is -2.17. The second kappa shape index (κ2) is 7.25. The number of aromatic nitrogens is 2. The van der Waals surface area contributed by atoms with Crippen LogP contribution in [-0.4, -0.2) is 59.3 Å². The Bertz CT molecular complexity index is 868. The van der Waals surface area contributed by atoms with Crippen LogP contribution in [0, 0.1) is 0 Å². The van der Waals surface area contributed by atoms with Gasteiger partial charge in [0.2, 0.25) is 0 Å². The van der Waals surface area contributed by atoms with E-state index >= 15 is 0 Å². The number of methoxy groups -OCH3 is 1. The van der Waals surface area contributed by atoms with E-state index in [2.05, 4.69) is 21.0 Å². The average molecular weight is 368 g/mol. The molecule has 3 heterocycles. The molecule has 27 heavy (non-hydrogen) atoms. The summed E-state index contributed by atoms with van der Waals surface area (Å²) in [6, 6.07) is 8.00. The van der Waals surface area contributed by atoms with Gasteiger partial charge >= 0.3 is 0 Å². The molecule has 0 unspecified atom stereocenters. The first-order chi connectivity index (χ1) is 13.0. The highest BCUT2D eigenvalue weighted by molar-refractivity contribution is 6.14. The Morgan fingerprint density at radius 1 is 1.19 bits per heavy atom. The molecule has 4 rings (SSSR count). The molecular formula is C20H24N4O3. The molecule has 0 amide bonds. The minimum atomic E-state index is -0.520. The summed E-state index contributed by atoms with van der Waals surface area (Å²) >= 11 is 0. The molecule has 2 atom stereocenters. The first kappa shape index (κ1) is 17.9. The summed E-state index contributed by atoms with van der Waals surface area (Å²) in [7, 11) is 1.61. The van der Waals surface area contributed by atoms with Crippen LogP contribution in [0.5, 0.6) is 5.75 Å². The van der Waals surface area contributed by atoms with Crippen LogP contribution < -0.4 is 9.64 Å². The highest BCUT2D eigenvalue weighted by Gasteiger charge is 2.32. The first-order valence-electron chi connectivity index (χ1n) is 9.17. The number of β-amino-alcohol motifs (C(OH)–C–C–N with tert-alkyl or cyclic N) is 1. The van der Waals surface area contributed by atoms with Gasteiger partial charge in [0.15, 0.2) is 0 Å². The highest BCUT2D eigenvalue weighted by Crippen LogP contribution is 2.28. The van der Waals surface area contributed by atoms with Crippen LogP contribution in [0.25, 0.3) is 0 Å². The van der Waals surface area contributed by atoms with Crippen LogP contribution in [-0.2, 0) is 11.3 Å². The minimum Gasteiger partial charge on any atom is -0.491 e. The Balaban J connectivity index is 1.61.